The fraction of sp³-hybridized carbons (Fsp3) is 0.300. The van der Waals surface area contributed by atoms with Crippen molar-refractivity contribution >= 4 is 17.7 Å². The van der Waals surface area contributed by atoms with Crippen LogP contribution in [0.5, 0.6) is 0 Å². The van der Waals surface area contributed by atoms with Crippen molar-refractivity contribution in [2.45, 2.75) is 38.1 Å². The van der Waals surface area contributed by atoms with Crippen molar-refractivity contribution in [3.8, 4) is 17.4 Å². The van der Waals surface area contributed by atoms with Gasteiger partial charge >= 0.3 is 0 Å². The molecule has 27 heavy (non-hydrogen) atoms. The van der Waals surface area contributed by atoms with Gasteiger partial charge in [0, 0.05) is 29.8 Å². The zero-order chi connectivity index (χ0) is 19.2. The van der Waals surface area contributed by atoms with Crippen LogP contribution in [0.15, 0.2) is 46.4 Å². The molecule has 1 amide bonds. The second-order valence-electron chi connectivity index (χ2n) is 6.48. The topological polar surface area (TPSA) is 109 Å². The number of nitrogens with zero attached hydrogens (tertiary/aromatic N) is 2. The summed E-state index contributed by atoms with van der Waals surface area (Å²) in [7, 11) is 0. The van der Waals surface area contributed by atoms with Crippen molar-refractivity contribution in [2.75, 3.05) is 0 Å². The second kappa shape index (κ2) is 8.32. The third-order valence-corrected chi connectivity index (χ3v) is 4.58. The summed E-state index contributed by atoms with van der Waals surface area (Å²) in [6.45, 7) is 0. The molecule has 2 aromatic rings. The minimum atomic E-state index is -0.468. The monoisotopic (exact) mass is 365 g/mol. The molecule has 0 saturated heterocycles. The molecule has 7 heteroatoms. The molecular weight excluding hydrogens is 346 g/mol. The van der Waals surface area contributed by atoms with Crippen molar-refractivity contribution in [3.05, 3.63) is 57.8 Å². The molecular formula is C20H19N3O4. The highest BCUT2D eigenvalue weighted by molar-refractivity contribution is 6.01. The number of nitro groups is 1. The van der Waals surface area contributed by atoms with Crippen molar-refractivity contribution in [1.82, 2.24) is 5.32 Å². The summed E-state index contributed by atoms with van der Waals surface area (Å²) in [6, 6.07) is 11.4. The summed E-state index contributed by atoms with van der Waals surface area (Å²) in [5.41, 5.74) is 0.659. The van der Waals surface area contributed by atoms with Crippen LogP contribution in [0.3, 0.4) is 0 Å². The Morgan fingerprint density at radius 2 is 1.89 bits per heavy atom. The highest BCUT2D eigenvalue weighted by atomic mass is 16.6. The number of nitro benzene ring substituents is 1. The Bertz CT molecular complexity index is 900. The number of amides is 1. The summed E-state index contributed by atoms with van der Waals surface area (Å²) >= 11 is 0. The first-order valence-corrected chi connectivity index (χ1v) is 8.84. The van der Waals surface area contributed by atoms with E-state index in [-0.39, 0.29) is 17.3 Å². The highest BCUT2D eigenvalue weighted by Gasteiger charge is 2.18. The van der Waals surface area contributed by atoms with Crippen LogP contribution in [0.2, 0.25) is 0 Å². The number of nitrogens with one attached hydrogen (secondary N) is 1. The Kier molecular flexibility index (Phi) is 5.67. The Labute approximate surface area is 156 Å². The zero-order valence-corrected chi connectivity index (χ0v) is 14.7. The Morgan fingerprint density at radius 1 is 1.19 bits per heavy atom. The van der Waals surface area contributed by atoms with Gasteiger partial charge in [-0.25, -0.2) is 0 Å². The molecule has 1 saturated carbocycles. The SMILES string of the molecule is N#C/C(=C/c1ccc(-c2ccc([N+](=O)[O-])cc2)o1)C(=O)NC1CCCCC1. The van der Waals surface area contributed by atoms with Gasteiger partial charge < -0.3 is 9.73 Å². The Hall–Kier alpha value is -3.40. The lowest BCUT2D eigenvalue weighted by molar-refractivity contribution is -0.384. The average molecular weight is 365 g/mol. The first-order chi connectivity index (χ1) is 13.1. The molecule has 1 N–H and O–H groups in total. The number of benzene rings is 1. The van der Waals surface area contributed by atoms with Gasteiger partial charge in [0.25, 0.3) is 11.6 Å². The standard InChI is InChI=1S/C20H19N3O4/c21-13-15(20(24)22-16-4-2-1-3-5-16)12-18-10-11-19(27-18)14-6-8-17(9-7-14)23(25)26/h6-12,16H,1-5H2,(H,22,24)/b15-12-. The lowest BCUT2D eigenvalue weighted by atomic mass is 9.95. The molecule has 1 aromatic carbocycles. The average Bonchev–Trinajstić information content (AvgIpc) is 3.15. The highest BCUT2D eigenvalue weighted by Crippen LogP contribution is 2.25. The molecule has 1 heterocycles. The normalized spacial score (nSPS) is 15.1. The van der Waals surface area contributed by atoms with Crippen LogP contribution in [-0.2, 0) is 4.79 Å². The molecule has 0 radical (unpaired) electrons. The minimum Gasteiger partial charge on any atom is -0.457 e. The van der Waals surface area contributed by atoms with E-state index >= 15 is 0 Å². The van der Waals surface area contributed by atoms with Crippen molar-refractivity contribution in [1.29, 1.82) is 5.26 Å². The van der Waals surface area contributed by atoms with Gasteiger partial charge in [-0.3, -0.25) is 14.9 Å². The van der Waals surface area contributed by atoms with E-state index < -0.39 is 10.8 Å². The van der Waals surface area contributed by atoms with Gasteiger partial charge in [-0.15, -0.1) is 0 Å². The molecule has 0 bridgehead atoms. The van der Waals surface area contributed by atoms with Gasteiger partial charge in [-0.05, 0) is 37.1 Å². The van der Waals surface area contributed by atoms with E-state index in [1.165, 1.54) is 24.6 Å². The third-order valence-electron chi connectivity index (χ3n) is 4.58. The van der Waals surface area contributed by atoms with Crippen LogP contribution in [0.25, 0.3) is 17.4 Å². The van der Waals surface area contributed by atoms with Gasteiger partial charge in [0.05, 0.1) is 4.92 Å². The summed E-state index contributed by atoms with van der Waals surface area (Å²) in [4.78, 5) is 22.6. The van der Waals surface area contributed by atoms with Crippen LogP contribution in [-0.4, -0.2) is 16.9 Å². The molecule has 3 rings (SSSR count). The van der Waals surface area contributed by atoms with E-state index in [0.717, 1.165) is 25.7 Å². The van der Waals surface area contributed by atoms with Gasteiger partial charge in [-0.1, -0.05) is 19.3 Å². The van der Waals surface area contributed by atoms with E-state index in [1.54, 1.807) is 24.3 Å². The Balaban J connectivity index is 1.72. The largest absolute Gasteiger partial charge is 0.457 e. The zero-order valence-electron chi connectivity index (χ0n) is 14.7. The van der Waals surface area contributed by atoms with Crippen molar-refractivity contribution in [3.63, 3.8) is 0 Å². The molecule has 0 atom stereocenters. The second-order valence-corrected chi connectivity index (χ2v) is 6.48. The molecule has 1 aliphatic carbocycles. The van der Waals surface area contributed by atoms with E-state index in [4.69, 9.17) is 4.42 Å². The summed E-state index contributed by atoms with van der Waals surface area (Å²) in [5.74, 6) is 0.484. The number of hydrogen-bond donors (Lipinski definition) is 1. The van der Waals surface area contributed by atoms with Crippen LogP contribution >= 0.6 is 0 Å². The van der Waals surface area contributed by atoms with Crippen molar-refractivity contribution in [2.24, 2.45) is 0 Å². The molecule has 138 valence electrons. The maximum absolute atomic E-state index is 12.3. The lowest BCUT2D eigenvalue weighted by Gasteiger charge is -2.22. The maximum Gasteiger partial charge on any atom is 0.269 e. The summed E-state index contributed by atoms with van der Waals surface area (Å²) in [5, 5.41) is 22.9. The fourth-order valence-electron chi connectivity index (χ4n) is 3.13. The maximum atomic E-state index is 12.3. The Morgan fingerprint density at radius 3 is 2.52 bits per heavy atom. The quantitative estimate of drug-likeness (QED) is 0.369. The summed E-state index contributed by atoms with van der Waals surface area (Å²) < 4.78 is 5.67. The van der Waals surface area contributed by atoms with Crippen LogP contribution in [0, 0.1) is 21.4 Å². The van der Waals surface area contributed by atoms with Crippen LogP contribution in [0.4, 0.5) is 5.69 Å². The minimum absolute atomic E-state index is 0.00317. The van der Waals surface area contributed by atoms with E-state index in [9.17, 15) is 20.2 Å². The smallest absolute Gasteiger partial charge is 0.269 e. The number of carbonyl (C=O) groups excluding carboxylic acids is 1. The van der Waals surface area contributed by atoms with Crippen molar-refractivity contribution < 1.29 is 14.1 Å². The first-order valence-electron chi connectivity index (χ1n) is 8.84. The van der Waals surface area contributed by atoms with E-state index in [2.05, 4.69) is 5.32 Å². The summed E-state index contributed by atoms with van der Waals surface area (Å²) in [6.07, 6.45) is 6.66. The number of furan rings is 1. The molecule has 1 aromatic heterocycles. The van der Waals surface area contributed by atoms with Gasteiger partial charge in [0.2, 0.25) is 0 Å². The number of non-ortho nitro benzene ring substituents is 1. The molecule has 1 aliphatic rings. The van der Waals surface area contributed by atoms with Crippen LogP contribution < -0.4 is 5.32 Å². The first kappa shape index (κ1) is 18.4. The van der Waals surface area contributed by atoms with Gasteiger partial charge in [-0.2, -0.15) is 5.26 Å². The fourth-order valence-corrected chi connectivity index (χ4v) is 3.13. The third kappa shape index (κ3) is 4.61. The lowest BCUT2D eigenvalue weighted by Crippen LogP contribution is -2.36. The number of rotatable bonds is 5. The molecule has 0 aliphatic heterocycles. The van der Waals surface area contributed by atoms with E-state index in [0.29, 0.717) is 17.1 Å². The number of carbonyl (C=O) groups is 1. The predicted molar refractivity (Wildman–Crippen MR) is 99.4 cm³/mol. The van der Waals surface area contributed by atoms with Crippen LogP contribution in [0.1, 0.15) is 37.9 Å². The van der Waals surface area contributed by atoms with Gasteiger partial charge in [0.15, 0.2) is 0 Å². The molecule has 0 unspecified atom stereocenters. The van der Waals surface area contributed by atoms with E-state index in [1.807, 2.05) is 6.07 Å². The number of hydrogen-bond acceptors (Lipinski definition) is 5. The number of nitriles is 1. The molecule has 1 fully saturated rings. The van der Waals surface area contributed by atoms with Gasteiger partial charge in [0.1, 0.15) is 23.2 Å². The molecule has 0 spiro atoms. The molecule has 7 nitrogen and oxygen atoms in total. The predicted octanol–water partition coefficient (Wildman–Crippen LogP) is 4.21.